The summed E-state index contributed by atoms with van der Waals surface area (Å²) in [7, 11) is 0. The van der Waals surface area contributed by atoms with Crippen molar-refractivity contribution < 1.29 is 43.7 Å². The first-order chi connectivity index (χ1) is 38.5. The first-order valence-corrected chi connectivity index (χ1v) is 30.3. The Bertz CT molecular complexity index is 3490. The molecule has 8 bridgehead atoms. The monoisotopic (exact) mass is 1200 g/mol. The summed E-state index contributed by atoms with van der Waals surface area (Å²) in [6, 6.07) is 0.410. The van der Waals surface area contributed by atoms with Gasteiger partial charge in [0.25, 0.3) is 29.5 Å². The summed E-state index contributed by atoms with van der Waals surface area (Å²) in [5, 5.41) is 50.7. The quantitative estimate of drug-likeness (QED) is 0.0739. The number of aliphatic hydroxyl groups is 2. The number of allylic oxidation sites excluding steroid dienone is 2. The third kappa shape index (κ3) is 13.3. The summed E-state index contributed by atoms with van der Waals surface area (Å²) in [6.07, 6.45) is 0.622. The number of hydrogen-bond donors (Lipinski definition) is 8. The van der Waals surface area contributed by atoms with Gasteiger partial charge in [-0.15, -0.1) is 68.0 Å². The number of ether oxygens (including phenoxy) is 1. The zero-order valence-corrected chi connectivity index (χ0v) is 48.7. The molecule has 23 nitrogen and oxygen atoms in total. The zero-order valence-electron chi connectivity index (χ0n) is 43.8. The van der Waals surface area contributed by atoms with Crippen LogP contribution in [0.1, 0.15) is 111 Å². The number of nitrogens with zero attached hydrogens (tertiary/aromatic N) is 8. The van der Waals surface area contributed by atoms with Gasteiger partial charge >= 0.3 is 0 Å². The van der Waals surface area contributed by atoms with E-state index in [1.54, 1.807) is 53.6 Å². The molecule has 0 unspecified atom stereocenters. The minimum atomic E-state index is -1.44. The van der Waals surface area contributed by atoms with Crippen LogP contribution in [0.3, 0.4) is 0 Å². The average Bonchev–Trinajstić information content (AvgIpc) is 4.36. The van der Waals surface area contributed by atoms with E-state index in [2.05, 4.69) is 56.7 Å². The maximum Gasteiger partial charge on any atom is 0.275 e. The first-order valence-electron chi connectivity index (χ1n) is 25.1. The summed E-state index contributed by atoms with van der Waals surface area (Å²) in [5.41, 5.74) is 2.50. The molecule has 2 aliphatic rings. The Labute approximate surface area is 482 Å². The second kappa shape index (κ2) is 25.7. The average molecular weight is 1200 g/mol. The van der Waals surface area contributed by atoms with Crippen LogP contribution in [0.25, 0.3) is 49.1 Å². The van der Waals surface area contributed by atoms with Crippen molar-refractivity contribution in [3.8, 4) is 43.4 Å². The molecule has 418 valence electrons. The van der Waals surface area contributed by atoms with Gasteiger partial charge in [0, 0.05) is 64.0 Å². The van der Waals surface area contributed by atoms with Crippen molar-refractivity contribution >= 4 is 109 Å². The second-order valence-electron chi connectivity index (χ2n) is 18.5. The van der Waals surface area contributed by atoms with E-state index in [9.17, 15) is 39.0 Å². The topological polar surface area (TPSA) is 318 Å². The summed E-state index contributed by atoms with van der Waals surface area (Å²) in [6.45, 7) is 13.9. The van der Waals surface area contributed by atoms with Crippen molar-refractivity contribution in [1.82, 2.24) is 71.7 Å². The molecular weight excluding hydrogens is 1150 g/mol. The van der Waals surface area contributed by atoms with E-state index in [1.807, 2.05) is 13.8 Å². The van der Waals surface area contributed by atoms with Crippen LogP contribution in [0.15, 0.2) is 62.3 Å². The van der Waals surface area contributed by atoms with E-state index < -0.39 is 65.8 Å². The molecule has 29 heteroatoms. The van der Waals surface area contributed by atoms with Crippen molar-refractivity contribution in [3.63, 3.8) is 0 Å². The van der Waals surface area contributed by atoms with Crippen LogP contribution in [0.4, 0.5) is 0 Å². The van der Waals surface area contributed by atoms with Gasteiger partial charge in [0.1, 0.15) is 87.7 Å². The van der Waals surface area contributed by atoms with Gasteiger partial charge < -0.3 is 46.9 Å². The molecule has 6 amide bonds. The van der Waals surface area contributed by atoms with Crippen LogP contribution in [0.5, 0.6) is 0 Å². The van der Waals surface area contributed by atoms with E-state index in [1.165, 1.54) is 76.0 Å². The highest BCUT2D eigenvalue weighted by Crippen LogP contribution is 2.38. The molecule has 0 aromatic carbocycles. The van der Waals surface area contributed by atoms with Gasteiger partial charge in [0.2, 0.25) is 5.91 Å². The molecule has 80 heavy (non-hydrogen) atoms. The summed E-state index contributed by atoms with van der Waals surface area (Å²) in [5.74, 6) is -3.76. The molecule has 2 aliphatic heterocycles. The van der Waals surface area contributed by atoms with E-state index in [0.717, 1.165) is 35.8 Å². The number of thiazole rings is 6. The Kier molecular flexibility index (Phi) is 18.5. The van der Waals surface area contributed by atoms with Gasteiger partial charge in [-0.25, -0.2) is 34.9 Å². The number of fused-ring (bicyclic) bond motifs is 11. The minimum absolute atomic E-state index is 0.0618. The molecule has 9 heterocycles. The highest BCUT2D eigenvalue weighted by molar-refractivity contribution is 7.15. The number of morpholine rings is 1. The maximum absolute atomic E-state index is 13.9. The van der Waals surface area contributed by atoms with Crippen LogP contribution < -0.4 is 31.9 Å². The SMILES string of the molecule is C/C=C(\NC(=O)c1csc(-c2csc(-c3ccc4c(n3)-c3csc(n3)[C@H]([C@@H](C)O)NC(=O)c3csc(n3)[C@H](C(C)C)NC(=O)c3csc(n3)/C(=C/C)NC(=O)[C@H]([C@@H](C)O)NC(=O)c3csc-4n3)n2)n1)C(=O)NCCN1CCOCC1. The van der Waals surface area contributed by atoms with Gasteiger partial charge in [-0.3, -0.25) is 33.7 Å². The van der Waals surface area contributed by atoms with E-state index in [4.69, 9.17) is 19.7 Å². The number of aliphatic hydroxyl groups excluding tert-OH is 2. The molecule has 0 spiro atoms. The standard InChI is InChI=1S/C51H54N14O9S6/c1-7-27(40(68)52-11-12-65-13-15-74-16-14-65)54-41(69)31-19-77-49(59-31)35-22-78-48(61-35)29-10-9-26-39(53-29)30-17-79-51(56-30)38(25(6)67)64-44(72)34-21-80-50(60-34)36(23(3)4)62-42(70)33-20-76-47(58-33)28(8-2)55-45(73)37(24(5)66)63-43(71)32-18-75-46(26)57-32/h7-10,17-25,36-38,66-67H,11-16H2,1-6H3,(H,52,68)(H,54,69)(H,55,73)(H,62,70)(H,63,71)(H,64,72)/b27-7-,28-8-/t24-,25-,36+,37+,38+/m1/s1. The van der Waals surface area contributed by atoms with Crippen molar-refractivity contribution in [2.24, 2.45) is 5.92 Å². The number of nitrogens with one attached hydrogen (secondary N) is 6. The summed E-state index contributed by atoms with van der Waals surface area (Å²) < 4.78 is 5.39. The van der Waals surface area contributed by atoms with Crippen LogP contribution in [0.2, 0.25) is 0 Å². The molecule has 9 rings (SSSR count). The molecule has 1 fully saturated rings. The lowest BCUT2D eigenvalue weighted by atomic mass is 10.1. The van der Waals surface area contributed by atoms with Crippen LogP contribution in [-0.4, -0.2) is 143 Å². The second-order valence-corrected chi connectivity index (χ2v) is 23.7. The third-order valence-electron chi connectivity index (χ3n) is 12.5. The number of carbonyl (C=O) groups excluding carboxylic acids is 6. The fraction of sp³-hybridized carbons (Fsp3) is 0.353. The minimum Gasteiger partial charge on any atom is -0.391 e. The lowest BCUT2D eigenvalue weighted by Gasteiger charge is -2.26. The van der Waals surface area contributed by atoms with Gasteiger partial charge in [0.05, 0.1) is 42.9 Å². The fourth-order valence-electron chi connectivity index (χ4n) is 8.12. The van der Waals surface area contributed by atoms with Crippen LogP contribution >= 0.6 is 68.0 Å². The zero-order chi connectivity index (χ0) is 56.8. The number of amides is 6. The van der Waals surface area contributed by atoms with Crippen molar-refractivity contribution in [3.05, 3.63) is 100 Å². The molecule has 0 radical (unpaired) electrons. The maximum atomic E-state index is 13.9. The Morgan fingerprint density at radius 3 is 1.89 bits per heavy atom. The van der Waals surface area contributed by atoms with Gasteiger partial charge in [-0.2, -0.15) is 0 Å². The molecule has 1 saturated heterocycles. The Morgan fingerprint density at radius 2 is 1.21 bits per heavy atom. The predicted octanol–water partition coefficient (Wildman–Crippen LogP) is 5.52. The number of aromatic nitrogens is 7. The Hall–Kier alpha value is -6.93. The highest BCUT2D eigenvalue weighted by Gasteiger charge is 2.32. The molecule has 0 saturated carbocycles. The molecule has 0 aliphatic carbocycles. The fourth-order valence-corrected chi connectivity index (χ4v) is 13.3. The Morgan fingerprint density at radius 1 is 0.662 bits per heavy atom. The highest BCUT2D eigenvalue weighted by atomic mass is 32.1. The Balaban J connectivity index is 1.02. The lowest BCUT2D eigenvalue weighted by Crippen LogP contribution is -2.52. The van der Waals surface area contributed by atoms with Gasteiger partial charge in [-0.1, -0.05) is 26.0 Å². The first kappa shape index (κ1) is 57.7. The van der Waals surface area contributed by atoms with E-state index in [0.29, 0.717) is 84.7 Å². The third-order valence-corrected chi connectivity index (χ3v) is 17.8. The van der Waals surface area contributed by atoms with Gasteiger partial charge in [0.15, 0.2) is 0 Å². The lowest BCUT2D eigenvalue weighted by molar-refractivity contribution is -0.124. The molecular formula is C51H54N14O9S6. The van der Waals surface area contributed by atoms with E-state index in [-0.39, 0.29) is 40.1 Å². The number of rotatable bonds is 11. The van der Waals surface area contributed by atoms with Crippen LogP contribution in [-0.2, 0) is 14.3 Å². The predicted molar refractivity (Wildman–Crippen MR) is 306 cm³/mol. The van der Waals surface area contributed by atoms with Crippen LogP contribution in [0, 0.1) is 5.92 Å². The number of pyridine rings is 1. The molecule has 8 N–H and O–H groups in total. The molecule has 7 aromatic rings. The van der Waals surface area contributed by atoms with Crippen molar-refractivity contribution in [2.75, 3.05) is 39.4 Å². The van der Waals surface area contributed by atoms with Crippen molar-refractivity contribution in [2.45, 2.75) is 71.9 Å². The normalized spacial score (nSPS) is 19.1. The van der Waals surface area contributed by atoms with Gasteiger partial charge in [-0.05, 0) is 45.7 Å². The molecule has 7 aromatic heterocycles. The number of carbonyl (C=O) groups is 6. The summed E-state index contributed by atoms with van der Waals surface area (Å²) >= 11 is 7.05. The smallest absolute Gasteiger partial charge is 0.275 e. The molecule has 5 atom stereocenters. The summed E-state index contributed by atoms with van der Waals surface area (Å²) in [4.78, 5) is 117. The number of hydrogen-bond acceptors (Lipinski definition) is 23. The van der Waals surface area contributed by atoms with Crippen molar-refractivity contribution in [1.29, 1.82) is 0 Å². The largest absolute Gasteiger partial charge is 0.391 e. The van der Waals surface area contributed by atoms with E-state index >= 15 is 0 Å².